The second-order valence-electron chi connectivity index (χ2n) is 6.17. The van der Waals surface area contributed by atoms with Crippen molar-refractivity contribution in [3.63, 3.8) is 0 Å². The molecular formula is C17H35N3O3. The summed E-state index contributed by atoms with van der Waals surface area (Å²) in [6.07, 6.45) is 6.58. The van der Waals surface area contributed by atoms with Crippen LogP contribution in [-0.2, 0) is 9.47 Å². The lowest BCUT2D eigenvalue weighted by atomic mass is 10.3. The zero-order valence-electron chi connectivity index (χ0n) is 15.3. The van der Waals surface area contributed by atoms with E-state index in [-0.39, 0.29) is 6.03 Å². The van der Waals surface area contributed by atoms with Crippen molar-refractivity contribution in [3.05, 3.63) is 0 Å². The van der Waals surface area contributed by atoms with Crippen molar-refractivity contribution in [2.24, 2.45) is 0 Å². The van der Waals surface area contributed by atoms with Crippen LogP contribution in [0.2, 0.25) is 0 Å². The lowest BCUT2D eigenvalue weighted by Gasteiger charge is -2.41. The van der Waals surface area contributed by atoms with Gasteiger partial charge in [-0.05, 0) is 19.3 Å². The smallest absolute Gasteiger partial charge is 0.325 e. The molecule has 0 radical (unpaired) electrons. The molecule has 2 amide bonds. The first-order chi connectivity index (χ1) is 11.2. The molecule has 0 aromatic carbocycles. The highest BCUT2D eigenvalue weighted by Crippen LogP contribution is 2.12. The predicted molar refractivity (Wildman–Crippen MR) is 91.9 cm³/mol. The maximum atomic E-state index is 12.5. The van der Waals surface area contributed by atoms with Gasteiger partial charge in [0.05, 0.1) is 13.3 Å². The lowest BCUT2D eigenvalue weighted by Crippen LogP contribution is -2.58. The highest BCUT2D eigenvalue weighted by Gasteiger charge is 2.29. The highest BCUT2D eigenvalue weighted by molar-refractivity contribution is 5.74. The van der Waals surface area contributed by atoms with Gasteiger partial charge >= 0.3 is 6.03 Å². The number of amides is 2. The summed E-state index contributed by atoms with van der Waals surface area (Å²) in [5, 5.41) is 0. The van der Waals surface area contributed by atoms with Crippen molar-refractivity contribution < 1.29 is 14.3 Å². The molecule has 6 nitrogen and oxygen atoms in total. The van der Waals surface area contributed by atoms with Gasteiger partial charge in [0.15, 0.2) is 0 Å². The number of nitrogens with zero attached hydrogens (tertiary/aromatic N) is 3. The minimum absolute atomic E-state index is 0.0192. The van der Waals surface area contributed by atoms with E-state index in [4.69, 9.17) is 9.47 Å². The summed E-state index contributed by atoms with van der Waals surface area (Å²) in [7, 11) is 0. The van der Waals surface area contributed by atoms with Crippen LogP contribution in [0, 0.1) is 0 Å². The van der Waals surface area contributed by atoms with Crippen LogP contribution in [0.25, 0.3) is 0 Å². The molecule has 23 heavy (non-hydrogen) atoms. The van der Waals surface area contributed by atoms with Crippen molar-refractivity contribution in [2.45, 2.75) is 59.3 Å². The van der Waals surface area contributed by atoms with Gasteiger partial charge in [-0.3, -0.25) is 14.7 Å². The minimum Gasteiger partial charge on any atom is -0.361 e. The minimum atomic E-state index is 0.0192. The van der Waals surface area contributed by atoms with E-state index >= 15 is 0 Å². The summed E-state index contributed by atoms with van der Waals surface area (Å²) in [6, 6.07) is 0.0192. The Morgan fingerprint density at radius 3 is 1.74 bits per heavy atom. The number of hydrogen-bond acceptors (Lipinski definition) is 4. The lowest BCUT2D eigenvalue weighted by molar-refractivity contribution is -0.0586. The number of urea groups is 1. The molecule has 1 saturated heterocycles. The molecule has 0 bridgehead atoms. The molecule has 0 unspecified atom stereocenters. The number of unbranched alkanes of at least 4 members (excludes halogenated alkanes) is 3. The van der Waals surface area contributed by atoms with Crippen molar-refractivity contribution in [1.82, 2.24) is 14.7 Å². The molecule has 1 aliphatic heterocycles. The van der Waals surface area contributed by atoms with Gasteiger partial charge in [-0.15, -0.1) is 0 Å². The normalized spacial score (nSPS) is 16.4. The van der Waals surface area contributed by atoms with Crippen molar-refractivity contribution in [3.8, 4) is 0 Å². The third kappa shape index (κ3) is 7.99. The van der Waals surface area contributed by atoms with E-state index in [0.29, 0.717) is 40.0 Å². The first-order valence-corrected chi connectivity index (χ1v) is 9.14. The monoisotopic (exact) mass is 329 g/mol. The van der Waals surface area contributed by atoms with Gasteiger partial charge in [-0.25, -0.2) is 4.79 Å². The standard InChI is InChI=1S/C17H35N3O3/c1-4-7-10-18-13-19(15-22-11-8-5-2)17(21)20(14-18)16-23-12-9-6-3/h4-16H2,1-3H3. The maximum Gasteiger partial charge on any atom is 0.325 e. The average Bonchev–Trinajstić information content (AvgIpc) is 2.56. The van der Waals surface area contributed by atoms with E-state index in [1.807, 2.05) is 0 Å². The zero-order valence-corrected chi connectivity index (χ0v) is 15.3. The second kappa shape index (κ2) is 12.6. The third-order valence-electron chi connectivity index (χ3n) is 3.89. The van der Waals surface area contributed by atoms with Crippen LogP contribution in [0.3, 0.4) is 0 Å². The van der Waals surface area contributed by atoms with Gasteiger partial charge in [0.2, 0.25) is 0 Å². The zero-order chi connectivity index (χ0) is 16.9. The summed E-state index contributed by atoms with van der Waals surface area (Å²) >= 11 is 0. The Balaban J connectivity index is 2.47. The van der Waals surface area contributed by atoms with E-state index in [0.717, 1.165) is 45.1 Å². The SMILES string of the molecule is CCCCOCN1CN(CCCC)CN(COCCCC)C1=O. The van der Waals surface area contributed by atoms with Crippen LogP contribution >= 0.6 is 0 Å². The molecule has 0 aliphatic carbocycles. The number of rotatable bonds is 13. The summed E-state index contributed by atoms with van der Waals surface area (Å²) < 4.78 is 11.3. The van der Waals surface area contributed by atoms with Gasteiger partial charge in [-0.2, -0.15) is 0 Å². The Kier molecular flexibility index (Phi) is 11.0. The molecule has 1 aliphatic rings. The van der Waals surface area contributed by atoms with Crippen molar-refractivity contribution >= 4 is 6.03 Å². The Labute approximate surface area is 141 Å². The Hall–Kier alpha value is -0.850. The van der Waals surface area contributed by atoms with Gasteiger partial charge in [-0.1, -0.05) is 40.0 Å². The number of carbonyl (C=O) groups is 1. The highest BCUT2D eigenvalue weighted by atomic mass is 16.5. The molecule has 0 aromatic rings. The number of hydrogen-bond donors (Lipinski definition) is 0. The summed E-state index contributed by atoms with van der Waals surface area (Å²) in [6.45, 7) is 10.9. The fourth-order valence-corrected chi connectivity index (χ4v) is 2.41. The topological polar surface area (TPSA) is 45.2 Å². The second-order valence-corrected chi connectivity index (χ2v) is 6.17. The molecular weight excluding hydrogens is 294 g/mol. The van der Waals surface area contributed by atoms with Crippen LogP contribution in [0.5, 0.6) is 0 Å². The summed E-state index contributed by atoms with van der Waals surface area (Å²) in [4.78, 5) is 18.4. The van der Waals surface area contributed by atoms with Gasteiger partial charge in [0.25, 0.3) is 0 Å². The molecule has 0 spiro atoms. The molecule has 0 N–H and O–H groups in total. The third-order valence-corrected chi connectivity index (χ3v) is 3.89. The molecule has 0 aromatic heterocycles. The largest absolute Gasteiger partial charge is 0.361 e. The quantitative estimate of drug-likeness (QED) is 0.486. The Morgan fingerprint density at radius 1 is 0.826 bits per heavy atom. The summed E-state index contributed by atoms with van der Waals surface area (Å²) in [5.41, 5.74) is 0. The molecule has 6 heteroatoms. The van der Waals surface area contributed by atoms with Gasteiger partial charge in [0, 0.05) is 19.8 Å². The number of ether oxygens (including phenoxy) is 2. The molecule has 0 atom stereocenters. The number of carbonyl (C=O) groups excluding carboxylic acids is 1. The van der Waals surface area contributed by atoms with Gasteiger partial charge < -0.3 is 9.47 Å². The molecule has 0 saturated carbocycles. The van der Waals surface area contributed by atoms with Crippen LogP contribution in [0.1, 0.15) is 59.3 Å². The maximum absolute atomic E-state index is 12.5. The van der Waals surface area contributed by atoms with Crippen LogP contribution < -0.4 is 0 Å². The molecule has 1 heterocycles. The first-order valence-electron chi connectivity index (χ1n) is 9.14. The fraction of sp³-hybridized carbons (Fsp3) is 0.941. The Morgan fingerprint density at radius 2 is 1.30 bits per heavy atom. The van der Waals surface area contributed by atoms with Crippen LogP contribution in [0.4, 0.5) is 4.79 Å². The Bertz CT molecular complexity index is 291. The van der Waals surface area contributed by atoms with E-state index in [1.165, 1.54) is 0 Å². The molecule has 1 fully saturated rings. The van der Waals surface area contributed by atoms with Crippen LogP contribution in [-0.4, -0.2) is 67.3 Å². The fourth-order valence-electron chi connectivity index (χ4n) is 2.41. The molecule has 1 rings (SSSR count). The van der Waals surface area contributed by atoms with E-state index < -0.39 is 0 Å². The predicted octanol–water partition coefficient (Wildman–Crippen LogP) is 3.29. The van der Waals surface area contributed by atoms with E-state index in [1.54, 1.807) is 9.80 Å². The van der Waals surface area contributed by atoms with Crippen molar-refractivity contribution in [1.29, 1.82) is 0 Å². The van der Waals surface area contributed by atoms with Crippen molar-refractivity contribution in [2.75, 3.05) is 46.6 Å². The average molecular weight is 329 g/mol. The molecule has 136 valence electrons. The summed E-state index contributed by atoms with van der Waals surface area (Å²) in [5.74, 6) is 0. The van der Waals surface area contributed by atoms with Crippen LogP contribution in [0.15, 0.2) is 0 Å². The van der Waals surface area contributed by atoms with E-state index in [9.17, 15) is 4.79 Å². The van der Waals surface area contributed by atoms with Gasteiger partial charge in [0.1, 0.15) is 13.5 Å². The first kappa shape index (κ1) is 20.2. The van der Waals surface area contributed by atoms with E-state index in [2.05, 4.69) is 25.7 Å².